The molecule has 3 heteroatoms. The Morgan fingerprint density at radius 2 is 2.21 bits per heavy atom. The quantitative estimate of drug-likeness (QED) is 0.407. The number of nitro groups is 1. The van der Waals surface area contributed by atoms with Gasteiger partial charge < -0.3 is 0 Å². The van der Waals surface area contributed by atoms with Gasteiger partial charge in [0.1, 0.15) is 0 Å². The first kappa shape index (κ1) is 10.3. The standard InChI is InChI=1S/C11H11NO2/c1-4-8(2)10-7-5-6-9(3)11(10)12(13)14/h1,5-8H,2-3H3. The second kappa shape index (κ2) is 3.93. The first-order chi connectivity index (χ1) is 6.57. The van der Waals surface area contributed by atoms with E-state index in [9.17, 15) is 10.1 Å². The molecular formula is C11H11NO2. The van der Waals surface area contributed by atoms with Gasteiger partial charge in [-0.05, 0) is 13.8 Å². The first-order valence-electron chi connectivity index (χ1n) is 4.28. The van der Waals surface area contributed by atoms with E-state index in [1.807, 2.05) is 0 Å². The highest BCUT2D eigenvalue weighted by molar-refractivity contribution is 5.50. The average molecular weight is 189 g/mol. The average Bonchev–Trinajstić information content (AvgIpc) is 2.15. The number of rotatable bonds is 2. The Labute approximate surface area is 82.9 Å². The van der Waals surface area contributed by atoms with Crippen molar-refractivity contribution in [2.75, 3.05) is 0 Å². The molecule has 0 aliphatic carbocycles. The summed E-state index contributed by atoms with van der Waals surface area (Å²) in [6, 6.07) is 5.20. The van der Waals surface area contributed by atoms with Crippen LogP contribution in [0.15, 0.2) is 18.2 Å². The van der Waals surface area contributed by atoms with Gasteiger partial charge in [0.2, 0.25) is 0 Å². The van der Waals surface area contributed by atoms with E-state index in [2.05, 4.69) is 5.92 Å². The molecular weight excluding hydrogens is 178 g/mol. The van der Waals surface area contributed by atoms with Gasteiger partial charge in [0.05, 0.1) is 4.92 Å². The van der Waals surface area contributed by atoms with Crippen LogP contribution in [-0.4, -0.2) is 4.92 Å². The highest BCUT2D eigenvalue weighted by atomic mass is 16.6. The molecule has 0 aliphatic heterocycles. The molecule has 0 aliphatic rings. The Hall–Kier alpha value is -1.82. The molecule has 0 fully saturated rings. The van der Waals surface area contributed by atoms with E-state index in [-0.39, 0.29) is 16.5 Å². The number of nitrogens with zero attached hydrogens (tertiary/aromatic N) is 1. The molecule has 1 unspecified atom stereocenters. The molecule has 0 bridgehead atoms. The molecule has 1 aromatic carbocycles. The monoisotopic (exact) mass is 189 g/mol. The number of hydrogen-bond acceptors (Lipinski definition) is 2. The van der Waals surface area contributed by atoms with E-state index in [1.54, 1.807) is 32.0 Å². The minimum absolute atomic E-state index is 0.137. The lowest BCUT2D eigenvalue weighted by molar-refractivity contribution is -0.386. The van der Waals surface area contributed by atoms with Gasteiger partial charge in [-0.2, -0.15) is 0 Å². The van der Waals surface area contributed by atoms with Gasteiger partial charge in [-0.3, -0.25) is 10.1 Å². The van der Waals surface area contributed by atoms with Crippen LogP contribution in [0.2, 0.25) is 0 Å². The summed E-state index contributed by atoms with van der Waals surface area (Å²) in [5, 5.41) is 10.8. The van der Waals surface area contributed by atoms with E-state index in [4.69, 9.17) is 6.42 Å². The second-order valence-corrected chi connectivity index (χ2v) is 3.16. The third-order valence-electron chi connectivity index (χ3n) is 2.17. The van der Waals surface area contributed by atoms with Gasteiger partial charge in [0.25, 0.3) is 5.69 Å². The van der Waals surface area contributed by atoms with Gasteiger partial charge in [0, 0.05) is 17.0 Å². The van der Waals surface area contributed by atoms with Crippen molar-refractivity contribution in [1.82, 2.24) is 0 Å². The highest BCUT2D eigenvalue weighted by Gasteiger charge is 2.19. The molecule has 0 N–H and O–H groups in total. The number of terminal acetylenes is 1. The summed E-state index contributed by atoms with van der Waals surface area (Å²) in [6.07, 6.45) is 5.25. The molecule has 1 atom stereocenters. The minimum Gasteiger partial charge on any atom is -0.258 e. The fourth-order valence-corrected chi connectivity index (χ4v) is 1.37. The van der Waals surface area contributed by atoms with E-state index >= 15 is 0 Å². The smallest absolute Gasteiger partial charge is 0.258 e. The molecule has 1 rings (SSSR count). The normalized spacial score (nSPS) is 11.8. The van der Waals surface area contributed by atoms with Crippen molar-refractivity contribution in [3.05, 3.63) is 39.4 Å². The maximum Gasteiger partial charge on any atom is 0.276 e. The predicted octanol–water partition coefficient (Wildman–Crippen LogP) is 2.64. The van der Waals surface area contributed by atoms with Crippen molar-refractivity contribution < 1.29 is 4.92 Å². The van der Waals surface area contributed by atoms with Crippen molar-refractivity contribution in [3.63, 3.8) is 0 Å². The Bertz CT molecular complexity index is 404. The SMILES string of the molecule is C#CC(C)c1cccc(C)c1[N+](=O)[O-]. The lowest BCUT2D eigenvalue weighted by atomic mass is 9.98. The summed E-state index contributed by atoms with van der Waals surface area (Å²) >= 11 is 0. The van der Waals surface area contributed by atoms with Gasteiger partial charge in [-0.1, -0.05) is 24.1 Å². The van der Waals surface area contributed by atoms with Crippen LogP contribution < -0.4 is 0 Å². The van der Waals surface area contributed by atoms with Gasteiger partial charge in [-0.25, -0.2) is 0 Å². The lowest BCUT2D eigenvalue weighted by Crippen LogP contribution is -2.00. The summed E-state index contributed by atoms with van der Waals surface area (Å²) in [7, 11) is 0. The Balaban J connectivity index is 3.37. The molecule has 0 aromatic heterocycles. The van der Waals surface area contributed by atoms with Crippen LogP contribution in [0.25, 0.3) is 0 Å². The number of para-hydroxylation sites is 1. The van der Waals surface area contributed by atoms with E-state index in [1.165, 1.54) is 0 Å². The summed E-state index contributed by atoms with van der Waals surface area (Å²) < 4.78 is 0. The third kappa shape index (κ3) is 1.74. The lowest BCUT2D eigenvalue weighted by Gasteiger charge is -2.06. The number of nitro benzene ring substituents is 1. The topological polar surface area (TPSA) is 43.1 Å². The molecule has 72 valence electrons. The molecule has 0 spiro atoms. The second-order valence-electron chi connectivity index (χ2n) is 3.16. The van der Waals surface area contributed by atoms with Crippen LogP contribution in [0.5, 0.6) is 0 Å². The van der Waals surface area contributed by atoms with Crippen molar-refractivity contribution in [2.45, 2.75) is 19.8 Å². The van der Waals surface area contributed by atoms with Crippen LogP contribution in [0.4, 0.5) is 5.69 Å². The van der Waals surface area contributed by atoms with Crippen molar-refractivity contribution >= 4 is 5.69 Å². The third-order valence-corrected chi connectivity index (χ3v) is 2.17. The van der Waals surface area contributed by atoms with Gasteiger partial charge in [0.15, 0.2) is 0 Å². The number of hydrogen-bond donors (Lipinski definition) is 0. The maximum absolute atomic E-state index is 10.8. The summed E-state index contributed by atoms with van der Waals surface area (Å²) in [4.78, 5) is 10.4. The van der Waals surface area contributed by atoms with Crippen LogP contribution in [0, 0.1) is 29.4 Å². The maximum atomic E-state index is 10.8. The first-order valence-corrected chi connectivity index (χ1v) is 4.28. The minimum atomic E-state index is -0.376. The molecule has 0 saturated heterocycles. The van der Waals surface area contributed by atoms with Gasteiger partial charge >= 0.3 is 0 Å². The molecule has 0 radical (unpaired) electrons. The van der Waals surface area contributed by atoms with E-state index < -0.39 is 0 Å². The number of aryl methyl sites for hydroxylation is 1. The van der Waals surface area contributed by atoms with Crippen molar-refractivity contribution in [3.8, 4) is 12.3 Å². The zero-order chi connectivity index (χ0) is 10.7. The van der Waals surface area contributed by atoms with Crippen molar-refractivity contribution in [1.29, 1.82) is 0 Å². The van der Waals surface area contributed by atoms with Crippen LogP contribution in [-0.2, 0) is 0 Å². The molecule has 0 saturated carbocycles. The summed E-state index contributed by atoms with van der Waals surface area (Å²) in [5.41, 5.74) is 1.39. The predicted molar refractivity (Wildman–Crippen MR) is 55.1 cm³/mol. The fourth-order valence-electron chi connectivity index (χ4n) is 1.37. The highest BCUT2D eigenvalue weighted by Crippen LogP contribution is 2.28. The summed E-state index contributed by atoms with van der Waals surface area (Å²) in [5.74, 6) is 2.27. The Morgan fingerprint density at radius 3 is 2.71 bits per heavy atom. The molecule has 3 nitrogen and oxygen atoms in total. The molecule has 0 amide bonds. The zero-order valence-electron chi connectivity index (χ0n) is 8.15. The van der Waals surface area contributed by atoms with E-state index in [0.29, 0.717) is 11.1 Å². The fraction of sp³-hybridized carbons (Fsp3) is 0.273. The zero-order valence-corrected chi connectivity index (χ0v) is 8.15. The largest absolute Gasteiger partial charge is 0.276 e. The van der Waals surface area contributed by atoms with Crippen LogP contribution in [0.3, 0.4) is 0 Å². The van der Waals surface area contributed by atoms with Gasteiger partial charge in [-0.15, -0.1) is 6.42 Å². The van der Waals surface area contributed by atoms with Crippen LogP contribution >= 0.6 is 0 Å². The molecule has 1 aromatic rings. The molecule has 14 heavy (non-hydrogen) atoms. The Kier molecular flexibility index (Phi) is 2.88. The van der Waals surface area contributed by atoms with Crippen molar-refractivity contribution in [2.24, 2.45) is 0 Å². The number of benzene rings is 1. The van der Waals surface area contributed by atoms with Crippen LogP contribution in [0.1, 0.15) is 24.0 Å². The summed E-state index contributed by atoms with van der Waals surface area (Å²) in [6.45, 7) is 3.49. The Morgan fingerprint density at radius 1 is 1.57 bits per heavy atom. The molecule has 0 heterocycles. The van der Waals surface area contributed by atoms with E-state index in [0.717, 1.165) is 0 Å².